The molecule has 1 aliphatic rings. The van der Waals surface area contributed by atoms with E-state index in [2.05, 4.69) is 10.2 Å². The first-order valence-corrected chi connectivity index (χ1v) is 7.11. The lowest BCUT2D eigenvalue weighted by molar-refractivity contribution is -0.132. The van der Waals surface area contributed by atoms with E-state index in [9.17, 15) is 13.2 Å². The number of hydrogen-bond donors (Lipinski definition) is 1. The van der Waals surface area contributed by atoms with Crippen LogP contribution in [-0.2, 0) is 14.8 Å². The number of rotatable bonds is 3. The van der Waals surface area contributed by atoms with Crippen molar-refractivity contribution >= 4 is 15.9 Å². The summed E-state index contributed by atoms with van der Waals surface area (Å²) in [6, 6.07) is 0.790. The maximum absolute atomic E-state index is 12.3. The Morgan fingerprint density at radius 1 is 1.56 bits per heavy atom. The first-order chi connectivity index (χ1) is 8.44. The Morgan fingerprint density at radius 2 is 2.28 bits per heavy atom. The summed E-state index contributed by atoms with van der Waals surface area (Å²) in [6.45, 7) is 0.367. The normalized spacial score (nSPS) is 21.1. The Balaban J connectivity index is 2.30. The third-order valence-electron chi connectivity index (χ3n) is 2.99. The molecule has 1 aromatic rings. The van der Waals surface area contributed by atoms with Crippen molar-refractivity contribution < 1.29 is 13.2 Å². The third-order valence-corrected chi connectivity index (χ3v) is 4.83. The predicted octanol–water partition coefficient (Wildman–Crippen LogP) is -0.349. The largest absolute Gasteiger partial charge is 0.347 e. The molecular formula is C10H16N4O3S. The van der Waals surface area contributed by atoms with Crippen LogP contribution in [0.2, 0.25) is 0 Å². The highest BCUT2D eigenvalue weighted by atomic mass is 32.2. The van der Waals surface area contributed by atoms with E-state index in [1.165, 1.54) is 21.5 Å². The van der Waals surface area contributed by atoms with Crippen molar-refractivity contribution in [2.45, 2.75) is 23.9 Å². The van der Waals surface area contributed by atoms with E-state index in [-0.39, 0.29) is 10.9 Å². The van der Waals surface area contributed by atoms with E-state index in [0.717, 1.165) is 0 Å². The molecule has 1 aliphatic heterocycles. The molecule has 1 saturated heterocycles. The minimum atomic E-state index is -3.66. The molecule has 0 bridgehead atoms. The van der Waals surface area contributed by atoms with Crippen LogP contribution >= 0.6 is 0 Å². The highest BCUT2D eigenvalue weighted by Gasteiger charge is 2.40. The molecule has 2 heterocycles. The number of sulfonamides is 1. The number of likely N-dealkylation sites (N-methyl/N-ethyl adjacent to an activating group) is 1. The first kappa shape index (κ1) is 13.0. The molecule has 0 aromatic carbocycles. The van der Waals surface area contributed by atoms with Crippen LogP contribution in [0.5, 0.6) is 0 Å². The molecule has 1 amide bonds. The topological polar surface area (TPSA) is 86.4 Å². The van der Waals surface area contributed by atoms with E-state index in [1.54, 1.807) is 14.1 Å². The Morgan fingerprint density at radius 3 is 2.83 bits per heavy atom. The van der Waals surface area contributed by atoms with E-state index < -0.39 is 16.1 Å². The summed E-state index contributed by atoms with van der Waals surface area (Å²) in [6.07, 6.45) is 2.63. The molecule has 18 heavy (non-hydrogen) atoms. The fourth-order valence-electron chi connectivity index (χ4n) is 2.09. The van der Waals surface area contributed by atoms with Crippen LogP contribution in [0.1, 0.15) is 12.8 Å². The summed E-state index contributed by atoms with van der Waals surface area (Å²) in [4.78, 5) is 13.4. The van der Waals surface area contributed by atoms with Gasteiger partial charge in [-0.25, -0.2) is 8.42 Å². The van der Waals surface area contributed by atoms with Crippen molar-refractivity contribution in [3.05, 3.63) is 12.3 Å². The van der Waals surface area contributed by atoms with Crippen molar-refractivity contribution in [1.82, 2.24) is 19.4 Å². The van der Waals surface area contributed by atoms with Crippen molar-refractivity contribution in [2.24, 2.45) is 0 Å². The minimum absolute atomic E-state index is 0.0287. The fraction of sp³-hybridized carbons (Fsp3) is 0.600. The van der Waals surface area contributed by atoms with Gasteiger partial charge in [0.05, 0.1) is 6.20 Å². The fourth-order valence-corrected chi connectivity index (χ4v) is 3.64. The second kappa shape index (κ2) is 4.69. The van der Waals surface area contributed by atoms with E-state index in [1.807, 2.05) is 0 Å². The third kappa shape index (κ3) is 2.13. The molecule has 1 atom stereocenters. The molecule has 7 nitrogen and oxygen atoms in total. The number of amides is 1. The van der Waals surface area contributed by atoms with Crippen molar-refractivity contribution in [3.63, 3.8) is 0 Å². The second-order valence-corrected chi connectivity index (χ2v) is 6.29. The highest BCUT2D eigenvalue weighted by Crippen LogP contribution is 2.25. The summed E-state index contributed by atoms with van der Waals surface area (Å²) in [5.74, 6) is -0.185. The lowest BCUT2D eigenvalue weighted by atomic mass is 10.2. The number of hydrogen-bond acceptors (Lipinski definition) is 4. The minimum Gasteiger partial charge on any atom is -0.347 e. The Bertz CT molecular complexity index is 523. The number of aromatic amines is 1. The SMILES string of the molecule is CN(C)C(=O)C1CCCN1S(=O)(=O)c1ccn[nH]1. The smallest absolute Gasteiger partial charge is 0.260 e. The lowest BCUT2D eigenvalue weighted by Gasteiger charge is -2.24. The van der Waals surface area contributed by atoms with Gasteiger partial charge in [0.25, 0.3) is 10.0 Å². The molecule has 0 aliphatic carbocycles. The quantitative estimate of drug-likeness (QED) is 0.815. The molecular weight excluding hydrogens is 256 g/mol. The molecule has 2 rings (SSSR count). The maximum Gasteiger partial charge on any atom is 0.260 e. The van der Waals surface area contributed by atoms with E-state index in [0.29, 0.717) is 19.4 Å². The van der Waals surface area contributed by atoms with Crippen LogP contribution in [0.4, 0.5) is 0 Å². The van der Waals surface area contributed by atoms with Gasteiger partial charge in [0, 0.05) is 20.6 Å². The average molecular weight is 272 g/mol. The standard InChI is InChI=1S/C10H16N4O3S/c1-13(2)10(15)8-4-3-7-14(8)18(16,17)9-5-6-11-12-9/h5-6,8H,3-4,7H2,1-2H3,(H,11,12). The van der Waals surface area contributed by atoms with E-state index >= 15 is 0 Å². The zero-order chi connectivity index (χ0) is 13.3. The van der Waals surface area contributed by atoms with Gasteiger partial charge in [0.15, 0.2) is 5.03 Å². The van der Waals surface area contributed by atoms with Gasteiger partial charge in [-0.1, -0.05) is 0 Å². The van der Waals surface area contributed by atoms with Crippen LogP contribution in [0, 0.1) is 0 Å². The van der Waals surface area contributed by atoms with Gasteiger partial charge in [-0.3, -0.25) is 9.89 Å². The summed E-state index contributed by atoms with van der Waals surface area (Å²) in [5.41, 5.74) is 0. The van der Waals surface area contributed by atoms with Gasteiger partial charge in [-0.05, 0) is 18.9 Å². The number of H-pyrrole nitrogens is 1. The van der Waals surface area contributed by atoms with Gasteiger partial charge in [0.1, 0.15) is 6.04 Å². The molecule has 8 heteroatoms. The summed E-state index contributed by atoms with van der Waals surface area (Å²) in [7, 11) is -0.402. The van der Waals surface area contributed by atoms with E-state index in [4.69, 9.17) is 0 Å². The van der Waals surface area contributed by atoms with Crippen LogP contribution in [-0.4, -0.2) is 60.4 Å². The van der Waals surface area contributed by atoms with Gasteiger partial charge in [-0.2, -0.15) is 9.40 Å². The number of nitrogens with one attached hydrogen (secondary N) is 1. The monoisotopic (exact) mass is 272 g/mol. The van der Waals surface area contributed by atoms with Crippen molar-refractivity contribution in [3.8, 4) is 0 Å². The van der Waals surface area contributed by atoms with Crippen LogP contribution in [0.15, 0.2) is 17.3 Å². The van der Waals surface area contributed by atoms with Crippen LogP contribution in [0.3, 0.4) is 0 Å². The highest BCUT2D eigenvalue weighted by molar-refractivity contribution is 7.89. The van der Waals surface area contributed by atoms with Crippen molar-refractivity contribution in [1.29, 1.82) is 0 Å². The van der Waals surface area contributed by atoms with Gasteiger partial charge in [0.2, 0.25) is 5.91 Å². The van der Waals surface area contributed by atoms with Crippen LogP contribution in [0.25, 0.3) is 0 Å². The molecule has 100 valence electrons. The molecule has 0 saturated carbocycles. The zero-order valence-corrected chi connectivity index (χ0v) is 11.1. The molecule has 0 spiro atoms. The number of carbonyl (C=O) groups is 1. The number of aromatic nitrogens is 2. The van der Waals surface area contributed by atoms with Gasteiger partial charge < -0.3 is 4.90 Å². The summed E-state index contributed by atoms with van der Waals surface area (Å²) < 4.78 is 25.9. The van der Waals surface area contributed by atoms with Gasteiger partial charge >= 0.3 is 0 Å². The zero-order valence-electron chi connectivity index (χ0n) is 10.3. The second-order valence-electron chi connectivity index (χ2n) is 4.43. The first-order valence-electron chi connectivity index (χ1n) is 5.67. The molecule has 0 radical (unpaired) electrons. The average Bonchev–Trinajstić information content (AvgIpc) is 2.99. The molecule has 1 unspecified atom stereocenters. The summed E-state index contributed by atoms with van der Waals surface area (Å²) in [5, 5.41) is 6.11. The van der Waals surface area contributed by atoms with Gasteiger partial charge in [-0.15, -0.1) is 0 Å². The Hall–Kier alpha value is -1.41. The molecule has 1 aromatic heterocycles. The Kier molecular flexibility index (Phi) is 3.40. The predicted molar refractivity (Wildman–Crippen MR) is 64.2 cm³/mol. The molecule has 1 N–H and O–H groups in total. The number of carbonyl (C=O) groups excluding carboxylic acids is 1. The Labute approximate surface area is 106 Å². The summed E-state index contributed by atoms with van der Waals surface area (Å²) >= 11 is 0. The van der Waals surface area contributed by atoms with Crippen LogP contribution < -0.4 is 0 Å². The number of nitrogens with zero attached hydrogens (tertiary/aromatic N) is 3. The maximum atomic E-state index is 12.3. The lowest BCUT2D eigenvalue weighted by Crippen LogP contribution is -2.45. The molecule has 1 fully saturated rings. The van der Waals surface area contributed by atoms with Crippen molar-refractivity contribution in [2.75, 3.05) is 20.6 Å².